The molecule has 2 aliphatic carbocycles. The van der Waals surface area contributed by atoms with Gasteiger partial charge in [0, 0.05) is 5.92 Å². The lowest BCUT2D eigenvalue weighted by atomic mass is 9.51. The summed E-state index contributed by atoms with van der Waals surface area (Å²) in [4.78, 5) is 40.1. The van der Waals surface area contributed by atoms with Crippen LogP contribution in [0.2, 0.25) is 0 Å². The number of carbonyl (C=O) groups excluding carboxylic acids is 3. The van der Waals surface area contributed by atoms with E-state index in [0.29, 0.717) is 11.3 Å². The van der Waals surface area contributed by atoms with Crippen molar-refractivity contribution in [2.45, 2.75) is 82.3 Å². The summed E-state index contributed by atoms with van der Waals surface area (Å²) >= 11 is 0. The lowest BCUT2D eigenvalue weighted by Crippen LogP contribution is -2.67. The highest BCUT2D eigenvalue weighted by Gasteiger charge is 3.05. The Morgan fingerprint density at radius 1 is 0.975 bits per heavy atom. The normalized spacial score (nSPS) is 49.8. The van der Waals surface area contributed by atoms with Gasteiger partial charge in [0.05, 0.1) is 36.6 Å². The smallest absolute Gasteiger partial charge is 0.343 e. The van der Waals surface area contributed by atoms with Crippen LogP contribution in [-0.4, -0.2) is 88.3 Å². The molecule has 3 N–H and O–H groups in total. The van der Waals surface area contributed by atoms with Gasteiger partial charge in [-0.1, -0.05) is 32.9 Å². The maximum absolute atomic E-state index is 13.9. The van der Waals surface area contributed by atoms with Crippen LogP contribution >= 0.6 is 0 Å². The lowest BCUT2D eigenvalue weighted by molar-refractivity contribution is -0.240. The van der Waals surface area contributed by atoms with E-state index in [-0.39, 0.29) is 6.61 Å². The molecule has 7 rings (SSSR count). The first kappa shape index (κ1) is 26.1. The minimum absolute atomic E-state index is 0.0665. The van der Waals surface area contributed by atoms with Crippen LogP contribution in [0.15, 0.2) is 24.3 Å². The molecule has 0 radical (unpaired) electrons. The topological polar surface area (TPSA) is 167 Å². The Hall–Kier alpha value is -2.77. The zero-order chi connectivity index (χ0) is 28.8. The van der Waals surface area contributed by atoms with Gasteiger partial charge in [-0.05, 0) is 30.0 Å². The number of hydrogen-bond donors (Lipinski definition) is 3. The third-order valence-corrected chi connectivity index (χ3v) is 10.5. The summed E-state index contributed by atoms with van der Waals surface area (Å²) in [7, 11) is 1.54. The molecule has 8 unspecified atom stereocenters. The van der Waals surface area contributed by atoms with Gasteiger partial charge in [-0.25, -0.2) is 9.59 Å². The molecule has 1 aromatic rings. The van der Waals surface area contributed by atoms with E-state index >= 15 is 0 Å². The van der Waals surface area contributed by atoms with E-state index in [1.165, 1.54) is 6.92 Å². The first-order valence-corrected chi connectivity index (χ1v) is 13.4. The molecule has 4 heterocycles. The average Bonchev–Trinajstić information content (AvgIpc) is 3.59. The molecule has 4 saturated heterocycles. The third kappa shape index (κ3) is 2.36. The van der Waals surface area contributed by atoms with Gasteiger partial charge in [0.15, 0.2) is 17.8 Å². The second-order valence-electron chi connectivity index (χ2n) is 12.9. The highest BCUT2D eigenvalue weighted by molar-refractivity contribution is 5.94. The van der Waals surface area contributed by atoms with Crippen molar-refractivity contribution in [1.29, 1.82) is 0 Å². The number of ether oxygens (including phenoxy) is 6. The number of fused-ring (bicyclic) bond motifs is 1. The molecule has 216 valence electrons. The highest BCUT2D eigenvalue weighted by Crippen LogP contribution is 2.84. The summed E-state index contributed by atoms with van der Waals surface area (Å²) in [5.74, 6) is -4.24. The molecular formula is C28H32O12. The number of rotatable bonds is 4. The predicted octanol–water partition coefficient (Wildman–Crippen LogP) is -0.166. The summed E-state index contributed by atoms with van der Waals surface area (Å²) in [6.45, 7) is 6.84. The Bertz CT molecular complexity index is 1320. The monoisotopic (exact) mass is 560 g/mol. The fourth-order valence-electron chi connectivity index (χ4n) is 9.35. The minimum Gasteiger partial charge on any atom is -0.497 e. The molecule has 12 heteroatoms. The van der Waals surface area contributed by atoms with Crippen molar-refractivity contribution in [2.75, 3.05) is 7.11 Å². The molecule has 0 aromatic heterocycles. The lowest BCUT2D eigenvalue weighted by Gasteiger charge is -2.48. The third-order valence-electron chi connectivity index (χ3n) is 10.5. The number of hydrogen-bond acceptors (Lipinski definition) is 12. The van der Waals surface area contributed by atoms with E-state index in [1.807, 2.05) is 20.8 Å². The number of aliphatic hydroxyl groups is 3. The Balaban J connectivity index is 1.45. The Morgan fingerprint density at radius 3 is 2.27 bits per heavy atom. The number of esters is 3. The van der Waals surface area contributed by atoms with E-state index in [4.69, 9.17) is 28.4 Å². The second-order valence-corrected chi connectivity index (χ2v) is 12.9. The van der Waals surface area contributed by atoms with Gasteiger partial charge < -0.3 is 43.7 Å². The van der Waals surface area contributed by atoms with Crippen molar-refractivity contribution in [1.82, 2.24) is 0 Å². The summed E-state index contributed by atoms with van der Waals surface area (Å²) in [6, 6.07) is 6.99. The largest absolute Gasteiger partial charge is 0.497 e. The fourth-order valence-corrected chi connectivity index (χ4v) is 9.35. The minimum atomic E-state index is -2.38. The van der Waals surface area contributed by atoms with Crippen molar-refractivity contribution in [3.63, 3.8) is 0 Å². The van der Waals surface area contributed by atoms with Crippen LogP contribution < -0.4 is 4.74 Å². The molecule has 6 aliphatic rings. The molecule has 12 atom stereocenters. The van der Waals surface area contributed by atoms with Gasteiger partial charge >= 0.3 is 17.9 Å². The van der Waals surface area contributed by atoms with Crippen molar-refractivity contribution in [3.05, 3.63) is 29.8 Å². The standard InChI is InChI=1S/C28H32O12/c1-11-20(31)37-18-16(30)26-17-14(29)15(24(2,3)4)25(26)19(36-10-12-6-8-13(35-5)9-7-12)21(32)39-23(25)40-28(26,22(33)38-17)27(11,18)34/h6-9,11,14-19,23,29-30,34H,10H2,1-5H3/t11-,14-,15?,16?,17?,18?,19+,23?,25?,26?,27-,28?/m1/s1. The molecule has 12 nitrogen and oxygen atoms in total. The molecule has 1 aromatic carbocycles. The van der Waals surface area contributed by atoms with Crippen molar-refractivity contribution in [3.8, 4) is 5.75 Å². The highest BCUT2D eigenvalue weighted by atomic mass is 16.8. The predicted molar refractivity (Wildman–Crippen MR) is 129 cm³/mol. The number of methoxy groups -OCH3 is 1. The number of aliphatic hydroxyl groups excluding tert-OH is 2. The summed E-state index contributed by atoms with van der Waals surface area (Å²) < 4.78 is 34.9. The SMILES string of the molecule is COc1ccc(CO[C@H]2C(=O)OC3OC45C(=O)OC6[C@H](O)C(C(C)(C)C)C32C64C(O)C2OC(=O)[C@@H](C)[C@@]25O)cc1. The molecule has 2 saturated carbocycles. The van der Waals surface area contributed by atoms with E-state index < -0.39 is 94.0 Å². The Kier molecular flexibility index (Phi) is 4.93. The maximum Gasteiger partial charge on any atom is 0.343 e. The molecule has 0 amide bonds. The van der Waals surface area contributed by atoms with Crippen LogP contribution in [0, 0.1) is 28.1 Å². The van der Waals surface area contributed by atoms with E-state index in [0.717, 1.165) is 0 Å². The maximum atomic E-state index is 13.9. The van der Waals surface area contributed by atoms with Crippen molar-refractivity contribution >= 4 is 17.9 Å². The zero-order valence-corrected chi connectivity index (χ0v) is 22.7. The van der Waals surface area contributed by atoms with E-state index in [2.05, 4.69) is 0 Å². The van der Waals surface area contributed by atoms with Crippen LogP contribution in [0.5, 0.6) is 5.75 Å². The first-order valence-electron chi connectivity index (χ1n) is 13.4. The zero-order valence-electron chi connectivity index (χ0n) is 22.7. The van der Waals surface area contributed by atoms with Crippen molar-refractivity contribution in [2.24, 2.45) is 28.1 Å². The van der Waals surface area contributed by atoms with Gasteiger partial charge in [-0.2, -0.15) is 0 Å². The van der Waals surface area contributed by atoms with Gasteiger partial charge in [0.25, 0.3) is 0 Å². The van der Waals surface area contributed by atoms with Crippen LogP contribution in [0.4, 0.5) is 0 Å². The molecule has 4 aliphatic heterocycles. The van der Waals surface area contributed by atoms with Gasteiger partial charge in [-0.15, -0.1) is 0 Å². The Morgan fingerprint density at radius 2 is 1.65 bits per heavy atom. The number of carbonyl (C=O) groups is 3. The van der Waals surface area contributed by atoms with Crippen LogP contribution in [-0.2, 0) is 44.7 Å². The number of benzene rings is 1. The summed E-state index contributed by atoms with van der Waals surface area (Å²) in [5, 5.41) is 36.2. The quantitative estimate of drug-likeness (QED) is 0.329. The van der Waals surface area contributed by atoms with Crippen LogP contribution in [0.3, 0.4) is 0 Å². The summed E-state index contributed by atoms with van der Waals surface area (Å²) in [5.41, 5.74) is -8.50. The fraction of sp³-hybridized carbons (Fsp3) is 0.679. The first-order chi connectivity index (χ1) is 18.8. The summed E-state index contributed by atoms with van der Waals surface area (Å²) in [6.07, 6.45) is -9.10. The van der Waals surface area contributed by atoms with Gasteiger partial charge in [0.1, 0.15) is 18.0 Å². The van der Waals surface area contributed by atoms with Gasteiger partial charge in [0.2, 0.25) is 11.9 Å². The molecule has 40 heavy (non-hydrogen) atoms. The van der Waals surface area contributed by atoms with Crippen LogP contribution in [0.1, 0.15) is 33.3 Å². The molecule has 6 fully saturated rings. The molecule has 0 bridgehead atoms. The Labute approximate surface area is 229 Å². The molecule has 2 spiro atoms. The second kappa shape index (κ2) is 7.54. The van der Waals surface area contributed by atoms with Gasteiger partial charge in [-0.3, -0.25) is 4.79 Å². The van der Waals surface area contributed by atoms with E-state index in [9.17, 15) is 29.7 Å². The van der Waals surface area contributed by atoms with Crippen molar-refractivity contribution < 1.29 is 58.1 Å². The van der Waals surface area contributed by atoms with E-state index in [1.54, 1.807) is 31.4 Å². The van der Waals surface area contributed by atoms with Crippen LogP contribution in [0.25, 0.3) is 0 Å². The molecular weight excluding hydrogens is 528 g/mol. The average molecular weight is 561 g/mol.